The molecular weight excluding hydrogens is 203 g/mol. The van der Waals surface area contributed by atoms with Gasteiger partial charge in [-0.25, -0.2) is 9.18 Å². The molecule has 0 spiro atoms. The fourth-order valence-electron chi connectivity index (χ4n) is 0.976. The lowest BCUT2D eigenvalue weighted by atomic mass is 10.0. The second kappa shape index (κ2) is 4.45. The van der Waals surface area contributed by atoms with E-state index in [0.29, 0.717) is 0 Å². The summed E-state index contributed by atoms with van der Waals surface area (Å²) in [4.78, 5) is 32.0. The number of alkyl halides is 1. The third-order valence-corrected chi connectivity index (χ3v) is 1.73. The minimum atomic E-state index is -2.63. The molecule has 4 nitrogen and oxygen atoms in total. The van der Waals surface area contributed by atoms with E-state index >= 15 is 0 Å². The van der Waals surface area contributed by atoms with Gasteiger partial charge in [0.1, 0.15) is 0 Å². The van der Waals surface area contributed by atoms with Gasteiger partial charge in [-0.3, -0.25) is 9.59 Å². The van der Waals surface area contributed by atoms with Crippen molar-refractivity contribution in [2.24, 2.45) is 0 Å². The third kappa shape index (κ3) is 2.46. The molecule has 0 bridgehead atoms. The average molecular weight is 210 g/mol. The first-order valence-electron chi connectivity index (χ1n) is 4.04. The van der Waals surface area contributed by atoms with Gasteiger partial charge in [-0.2, -0.15) is 0 Å². The van der Waals surface area contributed by atoms with Gasteiger partial charge in [0.25, 0.3) is 5.78 Å². The maximum absolute atomic E-state index is 13.0. The van der Waals surface area contributed by atoms with Crippen molar-refractivity contribution in [3.63, 3.8) is 0 Å². The van der Waals surface area contributed by atoms with E-state index in [4.69, 9.17) is 5.11 Å². The molecular formula is C10H7FO4. The van der Waals surface area contributed by atoms with E-state index in [9.17, 15) is 18.8 Å². The zero-order valence-corrected chi connectivity index (χ0v) is 7.51. The van der Waals surface area contributed by atoms with Crippen molar-refractivity contribution < 1.29 is 23.9 Å². The highest BCUT2D eigenvalue weighted by molar-refractivity contribution is 6.40. The predicted octanol–water partition coefficient (Wildman–Crippen LogP) is 0.861. The van der Waals surface area contributed by atoms with E-state index in [2.05, 4.69) is 0 Å². The number of rotatable bonds is 4. The Bertz CT molecular complexity index is 399. The van der Waals surface area contributed by atoms with Crippen LogP contribution in [0.15, 0.2) is 30.3 Å². The molecule has 0 aliphatic heterocycles. The van der Waals surface area contributed by atoms with Crippen LogP contribution in [-0.4, -0.2) is 28.8 Å². The number of Topliss-reactive ketones (excluding diaryl/α,β-unsaturated/α-hetero) is 2. The lowest BCUT2D eigenvalue weighted by Crippen LogP contribution is -2.31. The van der Waals surface area contributed by atoms with Crippen molar-refractivity contribution in [2.45, 2.75) is 6.17 Å². The number of aliphatic carboxylic acids is 1. The Labute approximate surface area is 84.3 Å². The molecule has 15 heavy (non-hydrogen) atoms. The summed E-state index contributed by atoms with van der Waals surface area (Å²) in [6, 6.07) is 7.22. The maximum Gasteiger partial charge on any atom is 0.375 e. The molecule has 0 saturated carbocycles. The number of benzene rings is 1. The first-order valence-corrected chi connectivity index (χ1v) is 4.04. The zero-order chi connectivity index (χ0) is 11.4. The smallest absolute Gasteiger partial charge is 0.375 e. The molecule has 0 fully saturated rings. The van der Waals surface area contributed by atoms with Gasteiger partial charge in [0, 0.05) is 5.56 Å². The summed E-state index contributed by atoms with van der Waals surface area (Å²) in [5.41, 5.74) is -0.0281. The topological polar surface area (TPSA) is 71.4 Å². The molecule has 0 aliphatic rings. The quantitative estimate of drug-likeness (QED) is 0.454. The summed E-state index contributed by atoms with van der Waals surface area (Å²) >= 11 is 0. The van der Waals surface area contributed by atoms with Crippen LogP contribution in [0.4, 0.5) is 4.39 Å². The Morgan fingerprint density at radius 2 is 1.67 bits per heavy atom. The summed E-state index contributed by atoms with van der Waals surface area (Å²) < 4.78 is 13.0. The summed E-state index contributed by atoms with van der Waals surface area (Å²) in [5, 5.41) is 8.21. The monoisotopic (exact) mass is 210 g/mol. The van der Waals surface area contributed by atoms with Crippen molar-refractivity contribution in [1.29, 1.82) is 0 Å². The molecule has 0 radical (unpaired) electrons. The van der Waals surface area contributed by atoms with Crippen LogP contribution in [0.25, 0.3) is 0 Å². The van der Waals surface area contributed by atoms with Gasteiger partial charge in [0.15, 0.2) is 0 Å². The molecule has 1 rings (SSSR count). The maximum atomic E-state index is 13.0. The largest absolute Gasteiger partial charge is 0.475 e. The Hall–Kier alpha value is -2.04. The second-order valence-electron chi connectivity index (χ2n) is 2.76. The van der Waals surface area contributed by atoms with Crippen LogP contribution >= 0.6 is 0 Å². The fourth-order valence-corrected chi connectivity index (χ4v) is 0.976. The molecule has 1 atom stereocenters. The molecule has 1 N–H and O–H groups in total. The molecule has 0 heterocycles. The number of halogens is 1. The number of hydrogen-bond donors (Lipinski definition) is 1. The second-order valence-corrected chi connectivity index (χ2v) is 2.76. The lowest BCUT2D eigenvalue weighted by molar-refractivity contribution is -0.150. The highest BCUT2D eigenvalue weighted by atomic mass is 19.1. The van der Waals surface area contributed by atoms with Crippen molar-refractivity contribution in [2.75, 3.05) is 0 Å². The fraction of sp³-hybridized carbons (Fsp3) is 0.100. The number of carbonyl (C=O) groups is 3. The number of hydrogen-bond acceptors (Lipinski definition) is 3. The first kappa shape index (κ1) is 11.0. The van der Waals surface area contributed by atoms with Gasteiger partial charge in [-0.05, 0) is 0 Å². The molecule has 0 aliphatic carbocycles. The Morgan fingerprint density at radius 1 is 1.13 bits per heavy atom. The van der Waals surface area contributed by atoms with E-state index in [1.807, 2.05) is 0 Å². The molecule has 1 aromatic carbocycles. The van der Waals surface area contributed by atoms with Gasteiger partial charge in [0.05, 0.1) is 0 Å². The average Bonchev–Trinajstić information content (AvgIpc) is 2.27. The number of carboxylic acids is 1. The van der Waals surface area contributed by atoms with Crippen LogP contribution in [-0.2, 0) is 9.59 Å². The van der Waals surface area contributed by atoms with Gasteiger partial charge < -0.3 is 5.11 Å². The van der Waals surface area contributed by atoms with Crippen molar-refractivity contribution in [3.8, 4) is 0 Å². The third-order valence-electron chi connectivity index (χ3n) is 1.73. The summed E-state index contributed by atoms with van der Waals surface area (Å²) in [6.07, 6.45) is -2.63. The summed E-state index contributed by atoms with van der Waals surface area (Å²) in [7, 11) is 0. The molecule has 1 aromatic rings. The Morgan fingerprint density at radius 3 is 2.13 bits per heavy atom. The molecule has 5 heteroatoms. The summed E-state index contributed by atoms with van der Waals surface area (Å²) in [5.74, 6) is -4.83. The lowest BCUT2D eigenvalue weighted by Gasteiger charge is -2.02. The van der Waals surface area contributed by atoms with Crippen molar-refractivity contribution >= 4 is 17.5 Å². The minimum absolute atomic E-state index is 0.0281. The number of ketones is 2. The minimum Gasteiger partial charge on any atom is -0.475 e. The van der Waals surface area contributed by atoms with E-state index in [1.54, 1.807) is 6.07 Å². The van der Waals surface area contributed by atoms with E-state index in [0.717, 1.165) is 0 Å². The van der Waals surface area contributed by atoms with Gasteiger partial charge in [-0.15, -0.1) is 0 Å². The first-order chi connectivity index (χ1) is 7.04. The van der Waals surface area contributed by atoms with E-state index < -0.39 is 23.7 Å². The van der Waals surface area contributed by atoms with Crippen LogP contribution in [0, 0.1) is 0 Å². The number of carboxylic acid groups (broad SMARTS) is 1. The van der Waals surface area contributed by atoms with Crippen LogP contribution in [0.2, 0.25) is 0 Å². The zero-order valence-electron chi connectivity index (χ0n) is 7.51. The number of carbonyl (C=O) groups excluding carboxylic acids is 2. The Kier molecular flexibility index (Phi) is 3.28. The van der Waals surface area contributed by atoms with Gasteiger partial charge >= 0.3 is 5.97 Å². The van der Waals surface area contributed by atoms with Crippen molar-refractivity contribution in [1.82, 2.24) is 0 Å². The molecule has 0 saturated heterocycles. The van der Waals surface area contributed by atoms with Gasteiger partial charge in [-0.1, -0.05) is 30.3 Å². The van der Waals surface area contributed by atoms with E-state index in [1.165, 1.54) is 24.3 Å². The van der Waals surface area contributed by atoms with Crippen LogP contribution in [0.1, 0.15) is 10.4 Å². The molecule has 0 aromatic heterocycles. The standard InChI is InChI=1S/C10H7FO4/c11-7(9(13)10(14)15)8(12)6-4-2-1-3-5-6/h1-5,7H,(H,14,15). The van der Waals surface area contributed by atoms with Crippen LogP contribution in [0.5, 0.6) is 0 Å². The highest BCUT2D eigenvalue weighted by Crippen LogP contribution is 2.07. The Balaban J connectivity index is 2.87. The molecule has 0 amide bonds. The predicted molar refractivity (Wildman–Crippen MR) is 48.3 cm³/mol. The SMILES string of the molecule is O=C(O)C(=O)C(F)C(=O)c1ccccc1. The summed E-state index contributed by atoms with van der Waals surface area (Å²) in [6.45, 7) is 0. The van der Waals surface area contributed by atoms with Crippen molar-refractivity contribution in [3.05, 3.63) is 35.9 Å². The van der Waals surface area contributed by atoms with Crippen LogP contribution in [0.3, 0.4) is 0 Å². The normalized spacial score (nSPS) is 11.8. The highest BCUT2D eigenvalue weighted by Gasteiger charge is 2.31. The van der Waals surface area contributed by atoms with E-state index in [-0.39, 0.29) is 5.56 Å². The molecule has 78 valence electrons. The van der Waals surface area contributed by atoms with Crippen LogP contribution < -0.4 is 0 Å². The van der Waals surface area contributed by atoms with Gasteiger partial charge in [0.2, 0.25) is 12.0 Å². The molecule has 1 unspecified atom stereocenters.